The highest BCUT2D eigenvalue weighted by molar-refractivity contribution is 7.99. The van der Waals surface area contributed by atoms with Gasteiger partial charge in [0.15, 0.2) is 0 Å². The van der Waals surface area contributed by atoms with Crippen LogP contribution in [0.5, 0.6) is 0 Å². The molecule has 2 N–H and O–H groups in total. The Labute approximate surface area is 152 Å². The van der Waals surface area contributed by atoms with Gasteiger partial charge < -0.3 is 10.6 Å². The SMILES string of the molecule is Fc1cc(NCC2CCC2)cc2nc(CSC3CCNCC3)ncc12. The van der Waals surface area contributed by atoms with E-state index in [0.717, 1.165) is 42.8 Å². The van der Waals surface area contributed by atoms with E-state index in [4.69, 9.17) is 0 Å². The zero-order valence-corrected chi connectivity index (χ0v) is 15.2. The smallest absolute Gasteiger partial charge is 0.138 e. The van der Waals surface area contributed by atoms with Crippen LogP contribution < -0.4 is 10.6 Å². The molecule has 0 radical (unpaired) electrons. The summed E-state index contributed by atoms with van der Waals surface area (Å²) in [6.07, 6.45) is 7.91. The van der Waals surface area contributed by atoms with Crippen molar-refractivity contribution in [2.24, 2.45) is 5.92 Å². The van der Waals surface area contributed by atoms with Gasteiger partial charge in [-0.3, -0.25) is 0 Å². The number of rotatable bonds is 6. The molecule has 1 aromatic heterocycles. The molecular formula is C19H25FN4S. The number of hydrogen-bond donors (Lipinski definition) is 2. The minimum atomic E-state index is -0.244. The van der Waals surface area contributed by atoms with Crippen LogP contribution in [0.25, 0.3) is 10.9 Å². The first kappa shape index (κ1) is 17.0. The normalized spacial score (nSPS) is 19.1. The molecule has 4 rings (SSSR count). The molecule has 0 spiro atoms. The topological polar surface area (TPSA) is 49.8 Å². The van der Waals surface area contributed by atoms with Crippen LogP contribution in [0.2, 0.25) is 0 Å². The number of nitrogens with zero attached hydrogens (tertiary/aromatic N) is 2. The third kappa shape index (κ3) is 4.23. The van der Waals surface area contributed by atoms with Crippen LogP contribution >= 0.6 is 11.8 Å². The second-order valence-electron chi connectivity index (χ2n) is 7.12. The Morgan fingerprint density at radius 1 is 1.20 bits per heavy atom. The lowest BCUT2D eigenvalue weighted by Gasteiger charge is -2.25. The van der Waals surface area contributed by atoms with E-state index in [1.54, 1.807) is 12.3 Å². The monoisotopic (exact) mass is 360 g/mol. The van der Waals surface area contributed by atoms with Crippen molar-refractivity contribution in [2.75, 3.05) is 25.0 Å². The van der Waals surface area contributed by atoms with E-state index >= 15 is 0 Å². The van der Waals surface area contributed by atoms with Crippen molar-refractivity contribution in [1.29, 1.82) is 0 Å². The highest BCUT2D eigenvalue weighted by Gasteiger charge is 2.17. The van der Waals surface area contributed by atoms with Gasteiger partial charge in [0.1, 0.15) is 11.6 Å². The molecule has 1 aromatic carbocycles. The summed E-state index contributed by atoms with van der Waals surface area (Å²) in [5, 5.41) is 7.93. The van der Waals surface area contributed by atoms with Gasteiger partial charge in [-0.15, -0.1) is 0 Å². The van der Waals surface area contributed by atoms with E-state index in [1.165, 1.54) is 32.1 Å². The zero-order chi connectivity index (χ0) is 17.1. The van der Waals surface area contributed by atoms with Crippen molar-refractivity contribution in [1.82, 2.24) is 15.3 Å². The molecule has 0 bridgehead atoms. The third-order valence-electron chi connectivity index (χ3n) is 5.25. The Morgan fingerprint density at radius 3 is 2.80 bits per heavy atom. The number of fused-ring (bicyclic) bond motifs is 1. The largest absolute Gasteiger partial charge is 0.385 e. The number of benzene rings is 1. The fraction of sp³-hybridized carbons (Fsp3) is 0.579. The molecule has 2 aromatic rings. The number of piperidine rings is 1. The molecule has 0 unspecified atom stereocenters. The Kier molecular flexibility index (Phi) is 5.36. The first-order valence-electron chi connectivity index (χ1n) is 9.29. The first-order chi connectivity index (χ1) is 12.3. The highest BCUT2D eigenvalue weighted by Crippen LogP contribution is 2.28. The number of hydrogen-bond acceptors (Lipinski definition) is 5. The predicted molar refractivity (Wildman–Crippen MR) is 103 cm³/mol. The first-order valence-corrected chi connectivity index (χ1v) is 10.3. The van der Waals surface area contributed by atoms with Crippen molar-refractivity contribution >= 4 is 28.4 Å². The summed E-state index contributed by atoms with van der Waals surface area (Å²) >= 11 is 1.92. The second-order valence-corrected chi connectivity index (χ2v) is 8.40. The lowest BCUT2D eigenvalue weighted by Crippen LogP contribution is -2.29. The highest BCUT2D eigenvalue weighted by atomic mass is 32.2. The average molecular weight is 361 g/mol. The van der Waals surface area contributed by atoms with Crippen molar-refractivity contribution in [2.45, 2.75) is 43.1 Å². The maximum atomic E-state index is 14.3. The third-order valence-corrected chi connectivity index (χ3v) is 6.62. The fourth-order valence-corrected chi connectivity index (χ4v) is 4.51. The Bertz CT molecular complexity index is 729. The molecule has 0 amide bonds. The van der Waals surface area contributed by atoms with Gasteiger partial charge in [-0.2, -0.15) is 11.8 Å². The van der Waals surface area contributed by atoms with Crippen molar-refractivity contribution in [3.05, 3.63) is 30.0 Å². The van der Waals surface area contributed by atoms with Crippen molar-refractivity contribution < 1.29 is 4.39 Å². The van der Waals surface area contributed by atoms with Crippen molar-refractivity contribution in [3.63, 3.8) is 0 Å². The van der Waals surface area contributed by atoms with E-state index in [-0.39, 0.29) is 5.82 Å². The summed E-state index contributed by atoms with van der Waals surface area (Å²) < 4.78 is 14.3. The van der Waals surface area contributed by atoms with Crippen LogP contribution in [0.4, 0.5) is 10.1 Å². The van der Waals surface area contributed by atoms with Gasteiger partial charge in [-0.05, 0) is 56.8 Å². The molecule has 25 heavy (non-hydrogen) atoms. The average Bonchev–Trinajstić information content (AvgIpc) is 2.59. The Balaban J connectivity index is 1.45. The standard InChI is InChI=1S/C19H25FN4S/c20-17-8-14(22-10-13-2-1-3-13)9-18-16(17)11-23-19(24-18)12-25-15-4-6-21-7-5-15/h8-9,11,13,15,21-22H,1-7,10,12H2. The summed E-state index contributed by atoms with van der Waals surface area (Å²) in [6, 6.07) is 3.52. The Hall–Kier alpha value is -1.40. The summed E-state index contributed by atoms with van der Waals surface area (Å²) in [5.41, 5.74) is 1.53. The summed E-state index contributed by atoms with van der Waals surface area (Å²) in [7, 11) is 0. The van der Waals surface area contributed by atoms with Crippen LogP contribution in [0.15, 0.2) is 18.3 Å². The van der Waals surface area contributed by atoms with E-state index < -0.39 is 0 Å². The van der Waals surface area contributed by atoms with Gasteiger partial charge in [-0.25, -0.2) is 14.4 Å². The van der Waals surface area contributed by atoms with Gasteiger partial charge in [0, 0.05) is 23.7 Å². The van der Waals surface area contributed by atoms with Gasteiger partial charge >= 0.3 is 0 Å². The Morgan fingerprint density at radius 2 is 2.04 bits per heavy atom. The summed E-state index contributed by atoms with van der Waals surface area (Å²) in [4.78, 5) is 8.99. The van der Waals surface area contributed by atoms with Crippen LogP contribution in [0, 0.1) is 11.7 Å². The minimum absolute atomic E-state index is 0.244. The maximum absolute atomic E-state index is 14.3. The molecule has 0 atom stereocenters. The molecule has 134 valence electrons. The van der Waals surface area contributed by atoms with E-state index in [2.05, 4.69) is 20.6 Å². The van der Waals surface area contributed by atoms with Gasteiger partial charge in [0.2, 0.25) is 0 Å². The van der Waals surface area contributed by atoms with E-state index in [1.807, 2.05) is 17.8 Å². The number of nitrogens with one attached hydrogen (secondary N) is 2. The molecule has 1 saturated carbocycles. The molecule has 1 aliphatic carbocycles. The van der Waals surface area contributed by atoms with Crippen LogP contribution in [0.3, 0.4) is 0 Å². The molecule has 2 fully saturated rings. The fourth-order valence-electron chi connectivity index (χ4n) is 3.42. The second kappa shape index (κ2) is 7.87. The number of thioether (sulfide) groups is 1. The zero-order valence-electron chi connectivity index (χ0n) is 14.4. The molecule has 1 saturated heterocycles. The van der Waals surface area contributed by atoms with E-state index in [0.29, 0.717) is 16.2 Å². The van der Waals surface area contributed by atoms with Gasteiger partial charge in [0.05, 0.1) is 16.7 Å². The molecule has 4 nitrogen and oxygen atoms in total. The maximum Gasteiger partial charge on any atom is 0.138 e. The predicted octanol–water partition coefficient (Wildman–Crippen LogP) is 3.97. The molecular weight excluding hydrogens is 335 g/mol. The van der Waals surface area contributed by atoms with Crippen LogP contribution in [-0.4, -0.2) is 34.9 Å². The number of halogens is 1. The van der Waals surface area contributed by atoms with Gasteiger partial charge in [-0.1, -0.05) is 6.42 Å². The van der Waals surface area contributed by atoms with Crippen LogP contribution in [0.1, 0.15) is 37.9 Å². The lowest BCUT2D eigenvalue weighted by molar-refractivity contribution is 0.333. The molecule has 2 heterocycles. The molecule has 1 aliphatic heterocycles. The number of aromatic nitrogens is 2. The van der Waals surface area contributed by atoms with E-state index in [9.17, 15) is 4.39 Å². The molecule has 2 aliphatic rings. The summed E-state index contributed by atoms with van der Waals surface area (Å²) in [5.74, 6) is 2.08. The minimum Gasteiger partial charge on any atom is -0.385 e. The van der Waals surface area contributed by atoms with Crippen molar-refractivity contribution in [3.8, 4) is 0 Å². The lowest BCUT2D eigenvalue weighted by atomic mass is 9.85. The summed E-state index contributed by atoms with van der Waals surface area (Å²) in [6.45, 7) is 3.11. The van der Waals surface area contributed by atoms with Crippen LogP contribution in [-0.2, 0) is 5.75 Å². The number of anilines is 1. The molecule has 6 heteroatoms. The van der Waals surface area contributed by atoms with Gasteiger partial charge in [0.25, 0.3) is 0 Å². The quantitative estimate of drug-likeness (QED) is 0.816.